The zero-order valence-electron chi connectivity index (χ0n) is 31.1. The van der Waals surface area contributed by atoms with E-state index in [0.717, 1.165) is 51.4 Å². The van der Waals surface area contributed by atoms with Gasteiger partial charge in [-0.15, -0.1) is 0 Å². The number of nitrogens with zero attached hydrogens (tertiary/aromatic N) is 1. The quantitative estimate of drug-likeness (QED) is 0.127. The second-order valence-corrected chi connectivity index (χ2v) is 15.8. The molecule has 0 radical (unpaired) electrons. The van der Waals surface area contributed by atoms with Crippen LogP contribution in [-0.4, -0.2) is 66.8 Å². The summed E-state index contributed by atoms with van der Waals surface area (Å²) in [5, 5.41) is 8.75. The summed E-state index contributed by atoms with van der Waals surface area (Å²) in [6.45, 7) is 2.17. The molecule has 0 bridgehead atoms. The Morgan fingerprint density at radius 3 is 2.30 bits per heavy atom. The minimum Gasteiger partial charge on any atom is -0.489 e. The molecule has 5 atom stereocenters. The molecule has 3 aliphatic rings. The minimum atomic E-state index is -5.59. The van der Waals surface area contributed by atoms with Gasteiger partial charge in [0.05, 0.1) is 12.7 Å². The average Bonchev–Trinajstić information content (AvgIpc) is 3.43. The molecular weight excluding hydrogens is 726 g/mol. The molecule has 0 heterocycles. The highest BCUT2D eigenvalue weighted by molar-refractivity contribution is 5.66. The third-order valence-electron chi connectivity index (χ3n) is 12.2. The Labute approximate surface area is 311 Å². The summed E-state index contributed by atoms with van der Waals surface area (Å²) >= 11 is 0. The van der Waals surface area contributed by atoms with Crippen LogP contribution in [-0.2, 0) is 33.8 Å². The Bertz CT molecular complexity index is 1560. The van der Waals surface area contributed by atoms with Crippen molar-refractivity contribution in [3.05, 3.63) is 64.2 Å². The maximum absolute atomic E-state index is 15.0. The van der Waals surface area contributed by atoms with Crippen LogP contribution in [0.4, 0.5) is 35.1 Å². The standard InChI is InChI=1S/C40H51F8NO5/c1-37-16-15-29-28-12-10-27(53-24-25-20-33(41)31(34(42)21-25)23-49(3)17-6-4-5-8-36(50)51)22-26(28)9-11-30(29)32(37)13-14-35(37)52-18-7-19-54-38(2,39(43,44)45)40(46,47)48/h10,12,20-22,29-30,32,35H,4-9,11,13-19,23-24H2,1-3H3,(H,50,51). The van der Waals surface area contributed by atoms with Gasteiger partial charge in [-0.2, -0.15) is 26.3 Å². The summed E-state index contributed by atoms with van der Waals surface area (Å²) in [4.78, 5) is 12.5. The van der Waals surface area contributed by atoms with Crippen molar-refractivity contribution in [2.75, 3.05) is 26.8 Å². The largest absolute Gasteiger partial charge is 0.489 e. The number of fused-ring (bicyclic) bond motifs is 5. The van der Waals surface area contributed by atoms with Gasteiger partial charge in [0.1, 0.15) is 24.0 Å². The summed E-state index contributed by atoms with van der Waals surface area (Å²) in [5.74, 6) is -0.379. The Balaban J connectivity index is 1.11. The first-order chi connectivity index (χ1) is 25.3. The van der Waals surface area contributed by atoms with Crippen LogP contribution in [0.5, 0.6) is 5.75 Å². The summed E-state index contributed by atoms with van der Waals surface area (Å²) in [5.41, 5.74) is -1.57. The molecule has 0 aromatic heterocycles. The molecule has 3 aliphatic carbocycles. The van der Waals surface area contributed by atoms with E-state index in [1.165, 1.54) is 23.3 Å². The topological polar surface area (TPSA) is 68.2 Å². The fraction of sp³-hybridized carbons (Fsp3) is 0.675. The third-order valence-corrected chi connectivity index (χ3v) is 12.2. The lowest BCUT2D eigenvalue weighted by molar-refractivity contribution is -0.374. The minimum absolute atomic E-state index is 0.00368. The number of unbranched alkanes of at least 4 members (excludes halogenated alkanes) is 2. The van der Waals surface area contributed by atoms with Gasteiger partial charge in [-0.05, 0) is 142 Å². The molecule has 0 aliphatic heterocycles. The van der Waals surface area contributed by atoms with Gasteiger partial charge in [0, 0.05) is 25.1 Å². The summed E-state index contributed by atoms with van der Waals surface area (Å²) in [7, 11) is 1.77. The number of alkyl halides is 6. The van der Waals surface area contributed by atoms with Crippen LogP contribution in [0.2, 0.25) is 0 Å². The van der Waals surface area contributed by atoms with E-state index in [4.69, 9.17) is 14.6 Å². The van der Waals surface area contributed by atoms with E-state index < -0.39 is 42.2 Å². The molecule has 0 saturated heterocycles. The first kappa shape index (κ1) is 42.2. The Morgan fingerprint density at radius 1 is 0.926 bits per heavy atom. The van der Waals surface area contributed by atoms with E-state index in [-0.39, 0.29) is 56.6 Å². The smallest absolute Gasteiger partial charge is 0.426 e. The molecule has 5 rings (SSSR count). The number of benzene rings is 2. The highest BCUT2D eigenvalue weighted by Crippen LogP contribution is 2.61. The molecule has 2 aromatic carbocycles. The highest BCUT2D eigenvalue weighted by atomic mass is 19.4. The van der Waals surface area contributed by atoms with Gasteiger partial charge in [0.15, 0.2) is 0 Å². The maximum atomic E-state index is 15.0. The molecule has 2 saturated carbocycles. The lowest BCUT2D eigenvalue weighted by Gasteiger charge is -2.50. The van der Waals surface area contributed by atoms with Gasteiger partial charge in [-0.3, -0.25) is 4.79 Å². The zero-order valence-corrected chi connectivity index (χ0v) is 31.1. The van der Waals surface area contributed by atoms with Crippen LogP contribution >= 0.6 is 0 Å². The van der Waals surface area contributed by atoms with Crippen LogP contribution < -0.4 is 4.74 Å². The van der Waals surface area contributed by atoms with Gasteiger partial charge in [0.25, 0.3) is 5.60 Å². The lowest BCUT2D eigenvalue weighted by atomic mass is 9.55. The van der Waals surface area contributed by atoms with Gasteiger partial charge in [-0.25, -0.2) is 8.78 Å². The van der Waals surface area contributed by atoms with Crippen molar-refractivity contribution in [1.29, 1.82) is 0 Å². The number of halogens is 8. The number of carboxylic acids is 1. The Morgan fingerprint density at radius 2 is 1.63 bits per heavy atom. The lowest BCUT2D eigenvalue weighted by Crippen LogP contribution is -2.56. The number of aliphatic carboxylic acids is 1. The number of carbonyl (C=O) groups is 1. The molecule has 54 heavy (non-hydrogen) atoms. The number of ether oxygens (including phenoxy) is 3. The molecule has 14 heteroatoms. The SMILES string of the molecule is CN(CCCCCC(=O)O)Cc1c(F)cc(COc2ccc3c(c2)CCC2C3CCC3(C)C(OCCCOC(C)(C(F)(F)F)C(F)(F)F)CCC23)cc1F. The van der Waals surface area contributed by atoms with Crippen molar-refractivity contribution in [2.45, 2.75) is 128 Å². The second-order valence-electron chi connectivity index (χ2n) is 15.8. The molecule has 2 fully saturated rings. The molecule has 5 unspecified atom stereocenters. The molecular formula is C40H51F8NO5. The number of hydrogen-bond acceptors (Lipinski definition) is 5. The van der Waals surface area contributed by atoms with Crippen molar-refractivity contribution in [3.63, 3.8) is 0 Å². The van der Waals surface area contributed by atoms with Crippen LogP contribution in [0.15, 0.2) is 30.3 Å². The Hall–Kier alpha value is -2.97. The summed E-state index contributed by atoms with van der Waals surface area (Å²) in [6.07, 6.45) is -3.95. The van der Waals surface area contributed by atoms with E-state index in [9.17, 15) is 39.9 Å². The van der Waals surface area contributed by atoms with Crippen LogP contribution in [0.3, 0.4) is 0 Å². The number of hydrogen-bond donors (Lipinski definition) is 1. The molecule has 6 nitrogen and oxygen atoms in total. The average molecular weight is 778 g/mol. The summed E-state index contributed by atoms with van der Waals surface area (Å²) in [6, 6.07) is 8.59. The fourth-order valence-electron chi connectivity index (χ4n) is 9.00. The predicted molar refractivity (Wildman–Crippen MR) is 185 cm³/mol. The first-order valence-corrected chi connectivity index (χ1v) is 18.9. The number of carboxylic acid groups (broad SMARTS) is 1. The third kappa shape index (κ3) is 9.34. The normalized spacial score (nSPS) is 24.3. The van der Waals surface area contributed by atoms with Crippen molar-refractivity contribution >= 4 is 5.97 Å². The van der Waals surface area contributed by atoms with Gasteiger partial charge < -0.3 is 24.2 Å². The van der Waals surface area contributed by atoms with E-state index in [0.29, 0.717) is 42.0 Å². The molecule has 0 spiro atoms. The van der Waals surface area contributed by atoms with E-state index in [1.807, 2.05) is 17.0 Å². The predicted octanol–water partition coefficient (Wildman–Crippen LogP) is 10.2. The van der Waals surface area contributed by atoms with E-state index in [1.54, 1.807) is 7.05 Å². The fourth-order valence-corrected chi connectivity index (χ4v) is 9.00. The van der Waals surface area contributed by atoms with Crippen LogP contribution in [0, 0.1) is 28.9 Å². The van der Waals surface area contributed by atoms with Gasteiger partial charge >= 0.3 is 18.3 Å². The first-order valence-electron chi connectivity index (χ1n) is 18.9. The summed E-state index contributed by atoms with van der Waals surface area (Å²) < 4.78 is 125. The molecule has 302 valence electrons. The Kier molecular flexibility index (Phi) is 13.3. The molecule has 1 N–H and O–H groups in total. The van der Waals surface area contributed by atoms with Crippen molar-refractivity contribution in [2.24, 2.45) is 17.3 Å². The second kappa shape index (κ2) is 17.0. The van der Waals surface area contributed by atoms with Crippen molar-refractivity contribution in [1.82, 2.24) is 4.90 Å². The zero-order chi connectivity index (χ0) is 39.5. The molecule has 2 aromatic rings. The van der Waals surface area contributed by atoms with Crippen LogP contribution in [0.25, 0.3) is 0 Å². The van der Waals surface area contributed by atoms with E-state index >= 15 is 0 Å². The number of rotatable bonds is 17. The van der Waals surface area contributed by atoms with Crippen LogP contribution in [0.1, 0.15) is 106 Å². The van der Waals surface area contributed by atoms with Gasteiger partial charge in [0.2, 0.25) is 0 Å². The maximum Gasteiger partial charge on any atom is 0.426 e. The van der Waals surface area contributed by atoms with E-state index in [2.05, 4.69) is 17.7 Å². The van der Waals surface area contributed by atoms with Crippen molar-refractivity contribution in [3.8, 4) is 5.75 Å². The van der Waals surface area contributed by atoms with Crippen molar-refractivity contribution < 1.29 is 59.2 Å². The molecule has 0 amide bonds. The van der Waals surface area contributed by atoms with Gasteiger partial charge in [-0.1, -0.05) is 19.4 Å². The monoisotopic (exact) mass is 777 g/mol. The highest BCUT2D eigenvalue weighted by Gasteiger charge is 2.69. The number of aryl methyl sites for hydroxylation is 1.